The standard InChI is InChI=1S/C17H23N3O4/c1-18(11-16(21)12-4-5-12)17(22)13-6-7-14(15(10-13)20(23)24)19-8-2-3-9-19/h6-7,10,12,16,21H,2-5,8-9,11H2,1H3. The maximum absolute atomic E-state index is 12.5. The molecule has 1 saturated carbocycles. The van der Waals surface area contributed by atoms with E-state index >= 15 is 0 Å². The second kappa shape index (κ2) is 6.76. The van der Waals surface area contributed by atoms with Gasteiger partial charge in [-0.2, -0.15) is 0 Å². The van der Waals surface area contributed by atoms with Crippen molar-refractivity contribution in [3.63, 3.8) is 0 Å². The molecule has 0 radical (unpaired) electrons. The Morgan fingerprint density at radius 3 is 2.67 bits per heavy atom. The molecule has 1 atom stereocenters. The van der Waals surface area contributed by atoms with Crippen LogP contribution in [0.1, 0.15) is 36.0 Å². The lowest BCUT2D eigenvalue weighted by molar-refractivity contribution is -0.384. The average Bonchev–Trinajstić information content (AvgIpc) is 3.28. The monoisotopic (exact) mass is 333 g/mol. The predicted octanol–water partition coefficient (Wildman–Crippen LogP) is 2.04. The molecule has 2 fully saturated rings. The fourth-order valence-corrected chi connectivity index (χ4v) is 3.24. The van der Waals surface area contributed by atoms with Crippen LogP contribution in [0.15, 0.2) is 18.2 Å². The highest BCUT2D eigenvalue weighted by Gasteiger charge is 2.31. The second-order valence-electron chi connectivity index (χ2n) is 6.75. The molecule has 0 spiro atoms. The number of aliphatic hydroxyl groups is 1. The van der Waals surface area contributed by atoms with Crippen molar-refractivity contribution in [1.29, 1.82) is 0 Å². The van der Waals surface area contributed by atoms with Gasteiger partial charge in [0, 0.05) is 38.3 Å². The van der Waals surface area contributed by atoms with Crippen LogP contribution in [-0.4, -0.2) is 53.6 Å². The number of nitro benzene ring substituents is 1. The van der Waals surface area contributed by atoms with E-state index in [1.807, 2.05) is 4.90 Å². The number of likely N-dealkylation sites (N-methyl/N-ethyl adjacent to an activating group) is 1. The van der Waals surface area contributed by atoms with Gasteiger partial charge in [0.05, 0.1) is 11.0 Å². The number of hydrogen-bond donors (Lipinski definition) is 1. The lowest BCUT2D eigenvalue weighted by Gasteiger charge is -2.22. The Balaban J connectivity index is 1.78. The molecule has 1 unspecified atom stereocenters. The second-order valence-corrected chi connectivity index (χ2v) is 6.75. The van der Waals surface area contributed by atoms with Crippen LogP contribution in [0, 0.1) is 16.0 Å². The molecule has 1 saturated heterocycles. The fourth-order valence-electron chi connectivity index (χ4n) is 3.24. The van der Waals surface area contributed by atoms with Crippen LogP contribution in [0.3, 0.4) is 0 Å². The molecule has 1 heterocycles. The first-order valence-corrected chi connectivity index (χ1v) is 8.44. The van der Waals surface area contributed by atoms with E-state index in [4.69, 9.17) is 0 Å². The quantitative estimate of drug-likeness (QED) is 0.636. The van der Waals surface area contributed by atoms with Crippen molar-refractivity contribution in [3.05, 3.63) is 33.9 Å². The molecule has 24 heavy (non-hydrogen) atoms. The third kappa shape index (κ3) is 3.51. The van der Waals surface area contributed by atoms with Gasteiger partial charge in [-0.25, -0.2) is 0 Å². The van der Waals surface area contributed by atoms with Gasteiger partial charge in [0.1, 0.15) is 5.69 Å². The smallest absolute Gasteiger partial charge is 0.293 e. The minimum absolute atomic E-state index is 0.0288. The third-order valence-electron chi connectivity index (χ3n) is 4.84. The van der Waals surface area contributed by atoms with E-state index in [9.17, 15) is 20.0 Å². The fraction of sp³-hybridized carbons (Fsp3) is 0.588. The minimum atomic E-state index is -0.516. The van der Waals surface area contributed by atoms with E-state index in [2.05, 4.69) is 0 Å². The first kappa shape index (κ1) is 16.7. The SMILES string of the molecule is CN(CC(O)C1CC1)C(=O)c1ccc(N2CCCC2)c([N+](=O)[O-])c1. The number of carbonyl (C=O) groups is 1. The highest BCUT2D eigenvalue weighted by Crippen LogP contribution is 2.34. The maximum Gasteiger partial charge on any atom is 0.293 e. The number of rotatable bonds is 6. The van der Waals surface area contributed by atoms with Crippen molar-refractivity contribution in [2.75, 3.05) is 31.6 Å². The van der Waals surface area contributed by atoms with Crippen LogP contribution in [0.25, 0.3) is 0 Å². The van der Waals surface area contributed by atoms with Gasteiger partial charge in [-0.1, -0.05) is 0 Å². The van der Waals surface area contributed by atoms with Crippen molar-refractivity contribution < 1.29 is 14.8 Å². The average molecular weight is 333 g/mol. The van der Waals surface area contributed by atoms with Gasteiger partial charge in [-0.05, 0) is 43.7 Å². The van der Waals surface area contributed by atoms with Gasteiger partial charge >= 0.3 is 0 Å². The largest absolute Gasteiger partial charge is 0.391 e. The van der Waals surface area contributed by atoms with Crippen LogP contribution in [0.4, 0.5) is 11.4 Å². The Kier molecular flexibility index (Phi) is 4.71. The van der Waals surface area contributed by atoms with Gasteiger partial charge in [0.25, 0.3) is 11.6 Å². The molecule has 1 aliphatic heterocycles. The molecular weight excluding hydrogens is 310 g/mol. The summed E-state index contributed by atoms with van der Waals surface area (Å²) in [5.74, 6) is -0.0158. The Labute approximate surface area is 141 Å². The van der Waals surface area contributed by atoms with Gasteiger partial charge in [0.15, 0.2) is 0 Å². The predicted molar refractivity (Wildman–Crippen MR) is 90.2 cm³/mol. The van der Waals surface area contributed by atoms with Gasteiger partial charge in [0.2, 0.25) is 0 Å². The molecule has 0 bridgehead atoms. The van der Waals surface area contributed by atoms with Crippen LogP contribution in [0.5, 0.6) is 0 Å². The van der Waals surface area contributed by atoms with E-state index in [-0.39, 0.29) is 29.6 Å². The number of carbonyl (C=O) groups excluding carboxylic acids is 1. The topological polar surface area (TPSA) is 86.9 Å². The molecule has 1 N–H and O–H groups in total. The van der Waals surface area contributed by atoms with Crippen molar-refractivity contribution >= 4 is 17.3 Å². The molecule has 130 valence electrons. The van der Waals surface area contributed by atoms with Crippen molar-refractivity contribution in [3.8, 4) is 0 Å². The molecule has 7 heteroatoms. The van der Waals surface area contributed by atoms with E-state index in [1.54, 1.807) is 19.2 Å². The molecule has 1 amide bonds. The minimum Gasteiger partial charge on any atom is -0.391 e. The zero-order valence-corrected chi connectivity index (χ0v) is 13.9. The highest BCUT2D eigenvalue weighted by atomic mass is 16.6. The summed E-state index contributed by atoms with van der Waals surface area (Å²) in [6.07, 6.45) is 3.54. The summed E-state index contributed by atoms with van der Waals surface area (Å²) in [5.41, 5.74) is 0.837. The van der Waals surface area contributed by atoms with E-state index < -0.39 is 11.0 Å². The molecule has 1 aromatic carbocycles. The van der Waals surface area contributed by atoms with Gasteiger partial charge in [-0.3, -0.25) is 14.9 Å². The molecule has 0 aromatic heterocycles. The number of hydrogen-bond acceptors (Lipinski definition) is 5. The number of nitro groups is 1. The van der Waals surface area contributed by atoms with E-state index in [0.29, 0.717) is 5.69 Å². The number of nitrogens with zero attached hydrogens (tertiary/aromatic N) is 3. The summed E-state index contributed by atoms with van der Waals surface area (Å²) in [4.78, 5) is 26.9. The molecule has 7 nitrogen and oxygen atoms in total. The summed E-state index contributed by atoms with van der Waals surface area (Å²) in [6, 6.07) is 4.67. The molecule has 2 aliphatic rings. The molecule has 1 aromatic rings. The Morgan fingerprint density at radius 2 is 2.08 bits per heavy atom. The summed E-state index contributed by atoms with van der Waals surface area (Å²) in [6.45, 7) is 1.87. The van der Waals surface area contributed by atoms with Crippen molar-refractivity contribution in [2.45, 2.75) is 31.8 Å². The van der Waals surface area contributed by atoms with Gasteiger partial charge in [-0.15, -0.1) is 0 Å². The van der Waals surface area contributed by atoms with Crippen LogP contribution in [0.2, 0.25) is 0 Å². The zero-order valence-electron chi connectivity index (χ0n) is 13.9. The van der Waals surface area contributed by atoms with Crippen LogP contribution < -0.4 is 4.90 Å². The summed E-state index contributed by atoms with van der Waals surface area (Å²) >= 11 is 0. The van der Waals surface area contributed by atoms with Crippen LogP contribution in [-0.2, 0) is 0 Å². The lowest BCUT2D eigenvalue weighted by atomic mass is 10.1. The first-order valence-electron chi connectivity index (χ1n) is 8.44. The third-order valence-corrected chi connectivity index (χ3v) is 4.84. The molecular formula is C17H23N3O4. The Morgan fingerprint density at radius 1 is 1.42 bits per heavy atom. The normalized spacial score (nSPS) is 18.5. The summed E-state index contributed by atoms with van der Waals surface area (Å²) in [5, 5.41) is 21.4. The number of benzene rings is 1. The Bertz CT molecular complexity index is 639. The lowest BCUT2D eigenvalue weighted by Crippen LogP contribution is -2.35. The van der Waals surface area contributed by atoms with Crippen LogP contribution >= 0.6 is 0 Å². The molecule has 1 aliphatic carbocycles. The van der Waals surface area contributed by atoms with Gasteiger partial charge < -0.3 is 14.9 Å². The number of aliphatic hydroxyl groups excluding tert-OH is 1. The molecule has 3 rings (SSSR count). The van der Waals surface area contributed by atoms with Crippen molar-refractivity contribution in [2.24, 2.45) is 5.92 Å². The summed E-state index contributed by atoms with van der Waals surface area (Å²) in [7, 11) is 1.62. The highest BCUT2D eigenvalue weighted by molar-refractivity contribution is 5.95. The Hall–Kier alpha value is -2.15. The zero-order chi connectivity index (χ0) is 17.3. The van der Waals surface area contributed by atoms with E-state index in [0.717, 1.165) is 38.8 Å². The van der Waals surface area contributed by atoms with E-state index in [1.165, 1.54) is 11.0 Å². The maximum atomic E-state index is 12.5. The number of anilines is 1. The summed E-state index contributed by atoms with van der Waals surface area (Å²) < 4.78 is 0. The first-order chi connectivity index (χ1) is 11.5. The number of amides is 1. The van der Waals surface area contributed by atoms with Crippen molar-refractivity contribution in [1.82, 2.24) is 4.90 Å².